The van der Waals surface area contributed by atoms with Crippen molar-refractivity contribution in [1.29, 1.82) is 0 Å². The number of nitrogens with zero attached hydrogens (tertiary/aromatic N) is 1. The summed E-state index contributed by atoms with van der Waals surface area (Å²) in [5, 5.41) is 11.2. The summed E-state index contributed by atoms with van der Waals surface area (Å²) in [6, 6.07) is 9.63. The van der Waals surface area contributed by atoms with Gasteiger partial charge in [-0.15, -0.1) is 0 Å². The predicted molar refractivity (Wildman–Crippen MR) is 74.6 cm³/mol. The van der Waals surface area contributed by atoms with E-state index in [0.717, 1.165) is 0 Å². The van der Waals surface area contributed by atoms with Crippen LogP contribution in [0, 0.1) is 15.9 Å². The zero-order valence-electron chi connectivity index (χ0n) is 10.1. The predicted octanol–water partition coefficient (Wildman–Crippen LogP) is 3.70. The monoisotopic (exact) mass is 313 g/mol. The van der Waals surface area contributed by atoms with Gasteiger partial charge in [0.15, 0.2) is 0 Å². The quantitative estimate of drug-likeness (QED) is 0.639. The Morgan fingerprint density at radius 1 is 1.25 bits per heavy atom. The summed E-state index contributed by atoms with van der Waals surface area (Å²) in [7, 11) is -1.72. The molecule has 2 rings (SSSR count). The van der Waals surface area contributed by atoms with E-state index < -0.39 is 21.5 Å². The number of hydrogen-bond donors (Lipinski definition) is 0. The van der Waals surface area contributed by atoms with E-state index in [4.69, 9.17) is 11.6 Å². The Morgan fingerprint density at radius 3 is 2.60 bits per heavy atom. The van der Waals surface area contributed by atoms with Gasteiger partial charge in [-0.1, -0.05) is 23.7 Å². The van der Waals surface area contributed by atoms with Crippen LogP contribution in [-0.4, -0.2) is 9.13 Å². The zero-order valence-corrected chi connectivity index (χ0v) is 11.7. The van der Waals surface area contributed by atoms with Gasteiger partial charge in [0, 0.05) is 16.7 Å². The molecule has 0 heterocycles. The molecule has 7 heteroatoms. The van der Waals surface area contributed by atoms with E-state index >= 15 is 0 Å². The average Bonchev–Trinajstić information content (AvgIpc) is 2.38. The van der Waals surface area contributed by atoms with Crippen LogP contribution >= 0.6 is 11.6 Å². The number of halogens is 2. The Hall–Kier alpha value is -1.79. The van der Waals surface area contributed by atoms with Gasteiger partial charge in [0.05, 0.1) is 26.4 Å². The minimum absolute atomic E-state index is 0.0155. The van der Waals surface area contributed by atoms with Crippen LogP contribution in [0.2, 0.25) is 5.02 Å². The maximum atomic E-state index is 13.5. The highest BCUT2D eigenvalue weighted by Gasteiger charge is 2.18. The minimum atomic E-state index is -1.72. The number of nitro groups is 1. The fourth-order valence-corrected chi connectivity index (χ4v) is 3.08. The van der Waals surface area contributed by atoms with Crippen molar-refractivity contribution in [2.75, 3.05) is 0 Å². The molecule has 1 unspecified atom stereocenters. The number of nitro benzene ring substituents is 1. The smallest absolute Gasteiger partial charge is 0.258 e. The number of benzene rings is 2. The van der Waals surface area contributed by atoms with Crippen molar-refractivity contribution in [2.45, 2.75) is 10.6 Å². The van der Waals surface area contributed by atoms with Crippen LogP contribution in [0.3, 0.4) is 0 Å². The lowest BCUT2D eigenvalue weighted by molar-refractivity contribution is -0.385. The SMILES string of the molecule is O=[N+]([O-])c1ccc(Cl)cc1CS(=O)c1ccccc1F. The fraction of sp³-hybridized carbons (Fsp3) is 0.0769. The normalized spacial score (nSPS) is 12.1. The Morgan fingerprint density at radius 2 is 1.95 bits per heavy atom. The van der Waals surface area contributed by atoms with Gasteiger partial charge in [-0.25, -0.2) is 4.39 Å². The molecule has 104 valence electrons. The molecular formula is C13H9ClFNO3S. The largest absolute Gasteiger partial charge is 0.273 e. The van der Waals surface area contributed by atoms with Crippen LogP contribution < -0.4 is 0 Å². The Kier molecular flexibility index (Phi) is 4.46. The molecule has 4 nitrogen and oxygen atoms in total. The lowest BCUT2D eigenvalue weighted by Gasteiger charge is -2.05. The summed E-state index contributed by atoms with van der Waals surface area (Å²) < 4.78 is 25.7. The highest BCUT2D eigenvalue weighted by atomic mass is 35.5. The van der Waals surface area contributed by atoms with E-state index in [1.807, 2.05) is 0 Å². The summed E-state index contributed by atoms with van der Waals surface area (Å²) in [4.78, 5) is 10.3. The molecule has 0 bridgehead atoms. The summed E-state index contributed by atoms with van der Waals surface area (Å²) in [5.41, 5.74) is 0.0307. The Bertz CT molecular complexity index is 693. The number of hydrogen-bond acceptors (Lipinski definition) is 3. The first-order chi connectivity index (χ1) is 9.49. The first-order valence-electron chi connectivity index (χ1n) is 5.55. The fourth-order valence-electron chi connectivity index (χ4n) is 1.70. The van der Waals surface area contributed by atoms with Gasteiger partial charge in [-0.3, -0.25) is 14.3 Å². The van der Waals surface area contributed by atoms with Gasteiger partial charge < -0.3 is 0 Å². The van der Waals surface area contributed by atoms with E-state index in [2.05, 4.69) is 0 Å². The van der Waals surface area contributed by atoms with Crippen LogP contribution in [0.5, 0.6) is 0 Å². The molecule has 0 fully saturated rings. The molecule has 0 spiro atoms. The molecule has 2 aromatic rings. The van der Waals surface area contributed by atoms with Crippen LogP contribution in [0.1, 0.15) is 5.56 Å². The van der Waals surface area contributed by atoms with Crippen molar-refractivity contribution in [3.63, 3.8) is 0 Å². The third kappa shape index (κ3) is 3.20. The van der Waals surface area contributed by atoms with E-state index in [0.29, 0.717) is 5.02 Å². The van der Waals surface area contributed by atoms with Crippen molar-refractivity contribution >= 4 is 28.1 Å². The van der Waals surface area contributed by atoms with Crippen molar-refractivity contribution in [3.8, 4) is 0 Å². The molecule has 0 aliphatic heterocycles. The third-order valence-corrected chi connectivity index (χ3v) is 4.24. The Balaban J connectivity index is 2.35. The summed E-state index contributed by atoms with van der Waals surface area (Å²) in [5.74, 6) is -0.770. The van der Waals surface area contributed by atoms with Crippen molar-refractivity contribution in [2.24, 2.45) is 0 Å². The van der Waals surface area contributed by atoms with Crippen molar-refractivity contribution in [1.82, 2.24) is 0 Å². The van der Waals surface area contributed by atoms with Crippen LogP contribution in [0.25, 0.3) is 0 Å². The molecular weight excluding hydrogens is 305 g/mol. The highest BCUT2D eigenvalue weighted by Crippen LogP contribution is 2.26. The van der Waals surface area contributed by atoms with E-state index in [9.17, 15) is 18.7 Å². The van der Waals surface area contributed by atoms with Gasteiger partial charge >= 0.3 is 0 Å². The van der Waals surface area contributed by atoms with Crippen LogP contribution in [0.15, 0.2) is 47.4 Å². The maximum absolute atomic E-state index is 13.5. The molecule has 0 saturated heterocycles. The molecule has 0 aromatic heterocycles. The molecule has 0 aliphatic rings. The lowest BCUT2D eigenvalue weighted by atomic mass is 10.2. The second-order valence-electron chi connectivity index (χ2n) is 3.95. The van der Waals surface area contributed by atoms with Crippen LogP contribution in [0.4, 0.5) is 10.1 Å². The van der Waals surface area contributed by atoms with Gasteiger partial charge in [0.2, 0.25) is 0 Å². The summed E-state index contributed by atoms with van der Waals surface area (Å²) in [6.45, 7) is 0. The van der Waals surface area contributed by atoms with Crippen molar-refractivity contribution in [3.05, 3.63) is 69.0 Å². The molecule has 0 N–H and O–H groups in total. The Labute approximate surface area is 121 Å². The molecule has 0 saturated carbocycles. The first kappa shape index (κ1) is 14.6. The van der Waals surface area contributed by atoms with Gasteiger partial charge in [0.1, 0.15) is 5.82 Å². The molecule has 2 aromatic carbocycles. The summed E-state index contributed by atoms with van der Waals surface area (Å²) in [6.07, 6.45) is 0. The van der Waals surface area contributed by atoms with Gasteiger partial charge in [-0.2, -0.15) is 0 Å². The molecule has 20 heavy (non-hydrogen) atoms. The van der Waals surface area contributed by atoms with Gasteiger partial charge in [-0.05, 0) is 24.3 Å². The zero-order chi connectivity index (χ0) is 14.7. The first-order valence-corrected chi connectivity index (χ1v) is 7.24. The minimum Gasteiger partial charge on any atom is -0.258 e. The van der Waals surface area contributed by atoms with E-state index in [1.54, 1.807) is 6.07 Å². The second-order valence-corrected chi connectivity index (χ2v) is 5.81. The van der Waals surface area contributed by atoms with Crippen LogP contribution in [-0.2, 0) is 16.6 Å². The maximum Gasteiger partial charge on any atom is 0.273 e. The second kappa shape index (κ2) is 6.11. The molecule has 1 atom stereocenters. The topological polar surface area (TPSA) is 60.2 Å². The van der Waals surface area contributed by atoms with Crippen molar-refractivity contribution < 1.29 is 13.5 Å². The molecule has 0 aliphatic carbocycles. The standard InChI is InChI=1S/C13H9ClFNO3S/c14-10-5-6-12(16(17)18)9(7-10)8-20(19)13-4-2-1-3-11(13)15/h1-7H,8H2. The summed E-state index contributed by atoms with van der Waals surface area (Å²) >= 11 is 5.79. The molecule has 0 amide bonds. The third-order valence-electron chi connectivity index (χ3n) is 2.61. The average molecular weight is 314 g/mol. The molecule has 0 radical (unpaired) electrons. The van der Waals surface area contributed by atoms with Gasteiger partial charge in [0.25, 0.3) is 5.69 Å². The lowest BCUT2D eigenvalue weighted by Crippen LogP contribution is -2.02. The highest BCUT2D eigenvalue weighted by molar-refractivity contribution is 7.84. The van der Waals surface area contributed by atoms with E-state index in [1.165, 1.54) is 36.4 Å². The number of rotatable bonds is 4. The van der Waals surface area contributed by atoms with E-state index in [-0.39, 0.29) is 21.9 Å².